The van der Waals surface area contributed by atoms with Crippen molar-refractivity contribution in [2.24, 2.45) is 0 Å². The van der Waals surface area contributed by atoms with Gasteiger partial charge < -0.3 is 20.1 Å². The van der Waals surface area contributed by atoms with Crippen molar-refractivity contribution in [1.82, 2.24) is 4.90 Å². The van der Waals surface area contributed by atoms with Crippen molar-refractivity contribution in [2.75, 3.05) is 36.9 Å². The largest absolute Gasteiger partial charge is 0.448 e. The molecule has 1 fully saturated rings. The quantitative estimate of drug-likeness (QED) is 0.158. The summed E-state index contributed by atoms with van der Waals surface area (Å²) in [6, 6.07) is 49.1. The number of benzene rings is 6. The van der Waals surface area contributed by atoms with Gasteiger partial charge in [-0.1, -0.05) is 127 Å². The molecule has 1 aliphatic heterocycles. The second kappa shape index (κ2) is 14.8. The molecular formula is C48H43N3O4. The molecule has 1 saturated heterocycles. The number of nitrogens with zero attached hydrogens (tertiary/aromatic N) is 2. The molecule has 3 aliphatic rings. The lowest BCUT2D eigenvalue weighted by Gasteiger charge is -2.35. The minimum atomic E-state index is -0.421. The minimum absolute atomic E-state index is 0.000682. The van der Waals surface area contributed by atoms with Gasteiger partial charge in [-0.2, -0.15) is 0 Å². The molecular weight excluding hydrogens is 683 g/mol. The molecule has 7 nitrogen and oxygen atoms in total. The molecule has 1 atom stereocenters. The summed E-state index contributed by atoms with van der Waals surface area (Å²) in [6.45, 7) is 1.91. The molecule has 1 heterocycles. The van der Waals surface area contributed by atoms with Crippen molar-refractivity contribution in [3.8, 4) is 22.3 Å². The van der Waals surface area contributed by atoms with Gasteiger partial charge in [0.05, 0.1) is 12.2 Å². The number of anilines is 2. The Balaban J connectivity index is 0.945. The van der Waals surface area contributed by atoms with Gasteiger partial charge in [-0.05, 0) is 86.7 Å². The molecule has 274 valence electrons. The van der Waals surface area contributed by atoms with Crippen LogP contribution in [0.2, 0.25) is 0 Å². The van der Waals surface area contributed by atoms with Crippen LogP contribution in [0, 0.1) is 0 Å². The van der Waals surface area contributed by atoms with E-state index in [0.29, 0.717) is 25.3 Å². The normalized spacial score (nSPS) is 15.8. The number of fused-ring (bicyclic) bond motifs is 6. The first-order valence-electron chi connectivity index (χ1n) is 19.2. The van der Waals surface area contributed by atoms with E-state index in [4.69, 9.17) is 15.2 Å². The van der Waals surface area contributed by atoms with E-state index in [-0.39, 0.29) is 37.1 Å². The number of nitrogens with two attached hydrogens (primary N) is 1. The van der Waals surface area contributed by atoms with Crippen LogP contribution in [0.5, 0.6) is 0 Å². The molecule has 2 aliphatic carbocycles. The van der Waals surface area contributed by atoms with Gasteiger partial charge in [0, 0.05) is 36.5 Å². The van der Waals surface area contributed by atoms with Crippen molar-refractivity contribution >= 4 is 23.6 Å². The Labute approximate surface area is 321 Å². The predicted molar refractivity (Wildman–Crippen MR) is 217 cm³/mol. The number of amides is 2. The van der Waals surface area contributed by atoms with Crippen LogP contribution >= 0.6 is 0 Å². The van der Waals surface area contributed by atoms with E-state index in [1.165, 1.54) is 33.4 Å². The van der Waals surface area contributed by atoms with Gasteiger partial charge in [-0.25, -0.2) is 9.59 Å². The molecule has 1 unspecified atom stereocenters. The van der Waals surface area contributed by atoms with Crippen molar-refractivity contribution in [3.63, 3.8) is 0 Å². The average Bonchev–Trinajstić information content (AvgIpc) is 3.74. The number of nitrogen functional groups attached to an aromatic ring is 1. The molecule has 0 radical (unpaired) electrons. The second-order valence-electron chi connectivity index (χ2n) is 14.8. The topological polar surface area (TPSA) is 85.1 Å². The lowest BCUT2D eigenvalue weighted by Crippen LogP contribution is -2.40. The van der Waals surface area contributed by atoms with Crippen LogP contribution in [0.15, 0.2) is 146 Å². The SMILES string of the molecule is Nc1ccc(CN(C(=O)OCC2c3ccccc3-c3ccccc32)c2ccccc2C2CCCN(C(=O)OCC3c4ccccc4-c4ccccc43)C2)cc1. The zero-order valence-corrected chi connectivity index (χ0v) is 30.6. The Kier molecular flexibility index (Phi) is 9.28. The molecule has 0 spiro atoms. The number of ether oxygens (including phenoxy) is 2. The summed E-state index contributed by atoms with van der Waals surface area (Å²) in [7, 11) is 0. The fourth-order valence-corrected chi connectivity index (χ4v) is 8.89. The first kappa shape index (κ1) is 34.4. The van der Waals surface area contributed by atoms with Gasteiger partial charge in [-0.3, -0.25) is 4.90 Å². The van der Waals surface area contributed by atoms with E-state index in [1.807, 2.05) is 71.6 Å². The third-order valence-electron chi connectivity index (χ3n) is 11.6. The third-order valence-corrected chi connectivity index (χ3v) is 11.6. The van der Waals surface area contributed by atoms with Crippen molar-refractivity contribution in [1.29, 1.82) is 0 Å². The lowest BCUT2D eigenvalue weighted by molar-refractivity contribution is 0.0892. The number of para-hydroxylation sites is 1. The maximum Gasteiger partial charge on any atom is 0.414 e. The molecule has 0 bridgehead atoms. The molecule has 55 heavy (non-hydrogen) atoms. The van der Waals surface area contributed by atoms with Crippen molar-refractivity contribution in [3.05, 3.63) is 179 Å². The molecule has 7 heteroatoms. The summed E-state index contributed by atoms with van der Waals surface area (Å²) >= 11 is 0. The first-order valence-corrected chi connectivity index (χ1v) is 19.2. The van der Waals surface area contributed by atoms with E-state index in [2.05, 4.69) is 78.9 Å². The standard InChI is InChI=1S/C48H43N3O4/c49-34-25-23-32(24-26-34)28-51(48(53)55-31-45-42-20-7-3-16-38(42)39-17-4-8-21-43(39)45)46-22-10-9-13-35(46)33-12-11-27-50(29-33)47(52)54-30-44-40-18-5-1-14-36(40)37-15-2-6-19-41(37)44/h1-10,13-26,33,44-45H,11-12,27-31,49H2. The Hall–Kier alpha value is -6.34. The summed E-state index contributed by atoms with van der Waals surface area (Å²) in [5.74, 6) is -0.0634. The van der Waals surface area contributed by atoms with Crippen LogP contribution in [0.3, 0.4) is 0 Å². The highest BCUT2D eigenvalue weighted by Gasteiger charge is 2.34. The van der Waals surface area contributed by atoms with Crippen LogP contribution in [-0.4, -0.2) is 43.4 Å². The predicted octanol–water partition coefficient (Wildman–Crippen LogP) is 10.4. The van der Waals surface area contributed by atoms with Crippen LogP contribution < -0.4 is 10.6 Å². The van der Waals surface area contributed by atoms with Gasteiger partial charge >= 0.3 is 12.2 Å². The maximum absolute atomic E-state index is 14.4. The number of rotatable bonds is 8. The van der Waals surface area contributed by atoms with Crippen LogP contribution in [-0.2, 0) is 16.0 Å². The molecule has 2 N–H and O–H groups in total. The monoisotopic (exact) mass is 725 g/mol. The van der Waals surface area contributed by atoms with Crippen LogP contribution in [0.25, 0.3) is 22.3 Å². The van der Waals surface area contributed by atoms with E-state index in [1.54, 1.807) is 4.90 Å². The zero-order valence-electron chi connectivity index (χ0n) is 30.6. The van der Waals surface area contributed by atoms with Crippen molar-refractivity contribution in [2.45, 2.75) is 37.1 Å². The summed E-state index contributed by atoms with van der Waals surface area (Å²) in [5.41, 5.74) is 18.9. The summed E-state index contributed by atoms with van der Waals surface area (Å²) < 4.78 is 12.4. The van der Waals surface area contributed by atoms with Gasteiger partial charge in [0.1, 0.15) is 13.2 Å². The average molecular weight is 726 g/mol. The van der Waals surface area contributed by atoms with E-state index in [0.717, 1.165) is 40.8 Å². The molecule has 2 amide bonds. The zero-order chi connectivity index (χ0) is 37.3. The molecule has 9 rings (SSSR count). The third kappa shape index (κ3) is 6.60. The van der Waals surface area contributed by atoms with Crippen LogP contribution in [0.4, 0.5) is 21.0 Å². The van der Waals surface area contributed by atoms with E-state index in [9.17, 15) is 9.59 Å². The van der Waals surface area contributed by atoms with Crippen molar-refractivity contribution < 1.29 is 19.1 Å². The molecule has 6 aromatic rings. The van der Waals surface area contributed by atoms with Gasteiger partial charge in [0.15, 0.2) is 0 Å². The fraction of sp³-hybridized carbons (Fsp3) is 0.208. The molecule has 6 aromatic carbocycles. The fourth-order valence-electron chi connectivity index (χ4n) is 8.89. The molecule has 0 aromatic heterocycles. The minimum Gasteiger partial charge on any atom is -0.448 e. The highest BCUT2D eigenvalue weighted by molar-refractivity contribution is 5.89. The summed E-state index contributed by atoms with van der Waals surface area (Å²) in [4.78, 5) is 31.7. The van der Waals surface area contributed by atoms with Gasteiger partial charge in [-0.15, -0.1) is 0 Å². The van der Waals surface area contributed by atoms with E-state index >= 15 is 0 Å². The highest BCUT2D eigenvalue weighted by atomic mass is 16.6. The Morgan fingerprint density at radius 3 is 1.62 bits per heavy atom. The Morgan fingerprint density at radius 1 is 0.600 bits per heavy atom. The summed E-state index contributed by atoms with van der Waals surface area (Å²) in [5, 5.41) is 0. The Bertz CT molecular complexity index is 2280. The Morgan fingerprint density at radius 2 is 1.07 bits per heavy atom. The number of likely N-dealkylation sites (tertiary alicyclic amines) is 1. The van der Waals surface area contributed by atoms with Crippen LogP contribution in [0.1, 0.15) is 64.0 Å². The van der Waals surface area contributed by atoms with Gasteiger partial charge in [0.2, 0.25) is 0 Å². The number of hydrogen-bond donors (Lipinski definition) is 1. The number of piperidine rings is 1. The summed E-state index contributed by atoms with van der Waals surface area (Å²) in [6.07, 6.45) is 0.978. The number of carbonyl (C=O) groups is 2. The first-order chi connectivity index (χ1) is 27.0. The van der Waals surface area contributed by atoms with E-state index < -0.39 is 6.09 Å². The second-order valence-corrected chi connectivity index (χ2v) is 14.8. The van der Waals surface area contributed by atoms with Gasteiger partial charge in [0.25, 0.3) is 0 Å². The number of hydrogen-bond acceptors (Lipinski definition) is 5. The molecule has 0 saturated carbocycles. The lowest BCUT2D eigenvalue weighted by atomic mass is 9.89. The highest BCUT2D eigenvalue weighted by Crippen LogP contribution is 2.46. The smallest absolute Gasteiger partial charge is 0.414 e. The maximum atomic E-state index is 14.4. The number of carbonyl (C=O) groups excluding carboxylic acids is 2.